The van der Waals surface area contributed by atoms with Gasteiger partial charge in [0.05, 0.1) is 5.92 Å². The van der Waals surface area contributed by atoms with Crippen molar-refractivity contribution in [2.45, 2.75) is 45.6 Å². The third kappa shape index (κ3) is 2.57. The van der Waals surface area contributed by atoms with Crippen LogP contribution in [0.1, 0.15) is 39.5 Å². The molecular formula is C13H24N2O. The van der Waals surface area contributed by atoms with Crippen LogP contribution in [0.5, 0.6) is 0 Å². The molecule has 92 valence electrons. The fourth-order valence-corrected chi connectivity index (χ4v) is 2.94. The number of carbonyl (C=O) groups is 1. The Bertz CT molecular complexity index is 248. The zero-order valence-electron chi connectivity index (χ0n) is 10.5. The summed E-state index contributed by atoms with van der Waals surface area (Å²) in [4.78, 5) is 12.1. The molecule has 2 aliphatic rings. The van der Waals surface area contributed by atoms with Gasteiger partial charge in [-0.15, -0.1) is 0 Å². The van der Waals surface area contributed by atoms with Crippen molar-refractivity contribution >= 4 is 5.91 Å². The van der Waals surface area contributed by atoms with E-state index in [1.165, 1.54) is 6.42 Å². The second-order valence-electron chi connectivity index (χ2n) is 5.57. The molecule has 0 spiro atoms. The van der Waals surface area contributed by atoms with Crippen molar-refractivity contribution in [2.75, 3.05) is 13.1 Å². The van der Waals surface area contributed by atoms with Gasteiger partial charge in [0, 0.05) is 12.6 Å². The lowest BCUT2D eigenvalue weighted by Crippen LogP contribution is -2.45. The van der Waals surface area contributed by atoms with Crippen LogP contribution in [0, 0.1) is 17.8 Å². The topological polar surface area (TPSA) is 41.1 Å². The smallest absolute Gasteiger partial charge is 0.224 e. The van der Waals surface area contributed by atoms with Crippen LogP contribution in [0.2, 0.25) is 0 Å². The predicted octanol–water partition coefficient (Wildman–Crippen LogP) is 1.54. The van der Waals surface area contributed by atoms with Crippen molar-refractivity contribution in [1.82, 2.24) is 10.6 Å². The Balaban J connectivity index is 1.82. The number of hydrogen-bond acceptors (Lipinski definition) is 2. The normalized spacial score (nSPS) is 39.6. The van der Waals surface area contributed by atoms with Crippen molar-refractivity contribution in [3.8, 4) is 0 Å². The molecule has 1 saturated heterocycles. The van der Waals surface area contributed by atoms with Gasteiger partial charge in [-0.05, 0) is 44.1 Å². The molecule has 1 amide bonds. The summed E-state index contributed by atoms with van der Waals surface area (Å²) in [5.74, 6) is 1.88. The molecule has 1 heterocycles. The van der Waals surface area contributed by atoms with Crippen molar-refractivity contribution in [1.29, 1.82) is 0 Å². The minimum atomic E-state index is 0.205. The van der Waals surface area contributed by atoms with Crippen molar-refractivity contribution in [2.24, 2.45) is 17.8 Å². The van der Waals surface area contributed by atoms with Gasteiger partial charge >= 0.3 is 0 Å². The summed E-state index contributed by atoms with van der Waals surface area (Å²) in [7, 11) is 0. The molecule has 0 radical (unpaired) electrons. The fourth-order valence-electron chi connectivity index (χ4n) is 2.94. The van der Waals surface area contributed by atoms with Crippen LogP contribution >= 0.6 is 0 Å². The third-order valence-corrected chi connectivity index (χ3v) is 4.46. The Kier molecular flexibility index (Phi) is 3.85. The van der Waals surface area contributed by atoms with E-state index in [4.69, 9.17) is 0 Å². The summed E-state index contributed by atoms with van der Waals surface area (Å²) in [6.45, 7) is 6.49. The molecule has 1 saturated carbocycles. The van der Waals surface area contributed by atoms with Gasteiger partial charge in [-0.3, -0.25) is 4.79 Å². The van der Waals surface area contributed by atoms with Gasteiger partial charge in [-0.2, -0.15) is 0 Å². The summed E-state index contributed by atoms with van der Waals surface area (Å²) in [6, 6.07) is 0.421. The predicted molar refractivity (Wildman–Crippen MR) is 65.1 cm³/mol. The highest BCUT2D eigenvalue weighted by Crippen LogP contribution is 2.31. The molecule has 4 atom stereocenters. The average molecular weight is 224 g/mol. The molecule has 2 rings (SSSR count). The Labute approximate surface area is 98.4 Å². The monoisotopic (exact) mass is 224 g/mol. The second-order valence-corrected chi connectivity index (χ2v) is 5.57. The largest absolute Gasteiger partial charge is 0.353 e. The Morgan fingerprint density at radius 3 is 2.62 bits per heavy atom. The van der Waals surface area contributed by atoms with Gasteiger partial charge in [0.1, 0.15) is 0 Å². The molecule has 2 N–H and O–H groups in total. The minimum absolute atomic E-state index is 0.205. The number of rotatable bonds is 2. The lowest BCUT2D eigenvalue weighted by Gasteiger charge is -2.26. The first kappa shape index (κ1) is 11.9. The van der Waals surface area contributed by atoms with E-state index in [2.05, 4.69) is 24.5 Å². The quantitative estimate of drug-likeness (QED) is 0.747. The summed E-state index contributed by atoms with van der Waals surface area (Å²) in [5.41, 5.74) is 0. The Morgan fingerprint density at radius 2 is 2.06 bits per heavy atom. The fraction of sp³-hybridized carbons (Fsp3) is 0.923. The van der Waals surface area contributed by atoms with Crippen LogP contribution in [0.3, 0.4) is 0 Å². The van der Waals surface area contributed by atoms with E-state index in [1.807, 2.05) is 0 Å². The van der Waals surface area contributed by atoms with Gasteiger partial charge in [-0.1, -0.05) is 13.8 Å². The highest BCUT2D eigenvalue weighted by atomic mass is 16.2. The molecule has 0 aromatic heterocycles. The van der Waals surface area contributed by atoms with E-state index in [0.29, 0.717) is 12.0 Å². The summed E-state index contributed by atoms with van der Waals surface area (Å²) >= 11 is 0. The molecule has 1 aliphatic heterocycles. The third-order valence-electron chi connectivity index (χ3n) is 4.46. The van der Waals surface area contributed by atoms with Crippen LogP contribution in [0.15, 0.2) is 0 Å². The zero-order chi connectivity index (χ0) is 11.5. The number of carbonyl (C=O) groups excluding carboxylic acids is 1. The Morgan fingerprint density at radius 1 is 1.25 bits per heavy atom. The van der Waals surface area contributed by atoms with Gasteiger partial charge in [0.25, 0.3) is 0 Å². The standard InChI is InChI=1S/C13H24N2O/c1-9-5-6-12(10(9)2)15-13(16)11-4-3-7-14-8-11/h9-12,14H,3-8H2,1-2H3,(H,15,16). The summed E-state index contributed by atoms with van der Waals surface area (Å²) in [5, 5.41) is 6.55. The van der Waals surface area contributed by atoms with Gasteiger partial charge in [0.15, 0.2) is 0 Å². The molecule has 0 aromatic rings. The van der Waals surface area contributed by atoms with Crippen LogP contribution in [0.25, 0.3) is 0 Å². The van der Waals surface area contributed by atoms with Crippen molar-refractivity contribution in [3.63, 3.8) is 0 Å². The first-order valence-corrected chi connectivity index (χ1v) is 6.69. The number of nitrogens with one attached hydrogen (secondary N) is 2. The molecule has 16 heavy (non-hydrogen) atoms. The molecule has 3 nitrogen and oxygen atoms in total. The minimum Gasteiger partial charge on any atom is -0.353 e. The zero-order valence-corrected chi connectivity index (χ0v) is 10.5. The first-order chi connectivity index (χ1) is 7.68. The number of piperidine rings is 1. The molecule has 1 aliphatic carbocycles. The van der Waals surface area contributed by atoms with Crippen LogP contribution in [-0.4, -0.2) is 25.0 Å². The van der Waals surface area contributed by atoms with E-state index < -0.39 is 0 Å². The van der Waals surface area contributed by atoms with E-state index in [1.54, 1.807) is 0 Å². The summed E-state index contributed by atoms with van der Waals surface area (Å²) in [6.07, 6.45) is 4.60. The molecule has 3 heteroatoms. The van der Waals surface area contributed by atoms with E-state index in [0.717, 1.165) is 38.3 Å². The van der Waals surface area contributed by atoms with E-state index in [9.17, 15) is 4.79 Å². The van der Waals surface area contributed by atoms with Gasteiger partial charge in [0.2, 0.25) is 5.91 Å². The molecule has 4 unspecified atom stereocenters. The van der Waals surface area contributed by atoms with Gasteiger partial charge in [-0.25, -0.2) is 0 Å². The van der Waals surface area contributed by atoms with Crippen molar-refractivity contribution in [3.05, 3.63) is 0 Å². The van der Waals surface area contributed by atoms with E-state index in [-0.39, 0.29) is 11.8 Å². The average Bonchev–Trinajstić information content (AvgIpc) is 2.62. The van der Waals surface area contributed by atoms with E-state index >= 15 is 0 Å². The van der Waals surface area contributed by atoms with Gasteiger partial charge < -0.3 is 10.6 Å². The summed E-state index contributed by atoms with van der Waals surface area (Å²) < 4.78 is 0. The second kappa shape index (κ2) is 5.17. The molecular weight excluding hydrogens is 200 g/mol. The first-order valence-electron chi connectivity index (χ1n) is 6.69. The molecule has 0 bridgehead atoms. The number of amides is 1. The highest BCUT2D eigenvalue weighted by Gasteiger charge is 2.32. The Hall–Kier alpha value is -0.570. The van der Waals surface area contributed by atoms with Crippen LogP contribution in [-0.2, 0) is 4.79 Å². The van der Waals surface area contributed by atoms with Crippen molar-refractivity contribution < 1.29 is 4.79 Å². The SMILES string of the molecule is CC1CCC(NC(=O)C2CCCNC2)C1C. The lowest BCUT2D eigenvalue weighted by atomic mass is 9.95. The maximum absolute atomic E-state index is 12.1. The maximum atomic E-state index is 12.1. The molecule has 2 fully saturated rings. The lowest BCUT2D eigenvalue weighted by molar-refractivity contribution is -0.126. The highest BCUT2D eigenvalue weighted by molar-refractivity contribution is 5.79. The molecule has 0 aromatic carbocycles. The maximum Gasteiger partial charge on any atom is 0.224 e. The van der Waals surface area contributed by atoms with Crippen LogP contribution in [0.4, 0.5) is 0 Å². The van der Waals surface area contributed by atoms with Crippen LogP contribution < -0.4 is 10.6 Å². The number of hydrogen-bond donors (Lipinski definition) is 2.